The van der Waals surface area contributed by atoms with Crippen molar-refractivity contribution in [3.8, 4) is 0 Å². The molecule has 1 nitrogen and oxygen atoms in total. The molecular weight excluding hydrogens is 217 g/mol. The molecule has 0 bridgehead atoms. The van der Waals surface area contributed by atoms with Gasteiger partial charge in [0.15, 0.2) is 0 Å². The molecule has 0 saturated heterocycles. The molecule has 0 unspecified atom stereocenters. The summed E-state index contributed by atoms with van der Waals surface area (Å²) in [5.74, 6) is 0.713. The lowest BCUT2D eigenvalue weighted by molar-refractivity contribution is 0.607. The Balaban J connectivity index is 2.47. The Bertz CT molecular complexity index is 297. The first-order valence-electron chi connectivity index (χ1n) is 4.78. The van der Waals surface area contributed by atoms with Crippen molar-refractivity contribution in [2.24, 2.45) is 5.92 Å². The molecule has 0 aromatic heterocycles. The van der Waals surface area contributed by atoms with Crippen LogP contribution in [0, 0.1) is 5.92 Å². The summed E-state index contributed by atoms with van der Waals surface area (Å²) >= 11 is 11.7. The highest BCUT2D eigenvalue weighted by Gasteiger charge is 1.99. The smallest absolute Gasteiger partial charge is 0.0612 e. The maximum Gasteiger partial charge on any atom is 0.0612 e. The maximum atomic E-state index is 5.88. The van der Waals surface area contributed by atoms with E-state index in [-0.39, 0.29) is 0 Å². The standard InChI is InChI=1S/C11H15Cl2N/c1-8(2)5-6-14-9-3-4-10(12)11(13)7-9/h3-4,7-8,14H,5-6H2,1-2H3. The fourth-order valence-electron chi connectivity index (χ4n) is 1.11. The molecule has 1 rings (SSSR count). The van der Waals surface area contributed by atoms with E-state index in [1.165, 1.54) is 0 Å². The van der Waals surface area contributed by atoms with Crippen LogP contribution in [0.2, 0.25) is 10.0 Å². The zero-order valence-electron chi connectivity index (χ0n) is 8.48. The molecule has 0 spiro atoms. The minimum atomic E-state index is 0.598. The zero-order chi connectivity index (χ0) is 10.6. The van der Waals surface area contributed by atoms with E-state index in [1.54, 1.807) is 0 Å². The topological polar surface area (TPSA) is 12.0 Å². The Kier molecular flexibility index (Phi) is 4.56. The van der Waals surface area contributed by atoms with Crippen LogP contribution in [-0.2, 0) is 0 Å². The van der Waals surface area contributed by atoms with Crippen molar-refractivity contribution in [2.45, 2.75) is 20.3 Å². The normalized spacial score (nSPS) is 10.6. The molecule has 14 heavy (non-hydrogen) atoms. The van der Waals surface area contributed by atoms with E-state index >= 15 is 0 Å². The molecule has 78 valence electrons. The molecule has 0 aliphatic heterocycles. The van der Waals surface area contributed by atoms with E-state index in [0.717, 1.165) is 18.7 Å². The molecule has 0 fully saturated rings. The predicted molar refractivity (Wildman–Crippen MR) is 64.4 cm³/mol. The van der Waals surface area contributed by atoms with Gasteiger partial charge in [-0.3, -0.25) is 0 Å². The zero-order valence-corrected chi connectivity index (χ0v) is 9.99. The maximum absolute atomic E-state index is 5.88. The van der Waals surface area contributed by atoms with Gasteiger partial charge in [0.2, 0.25) is 0 Å². The highest BCUT2D eigenvalue weighted by Crippen LogP contribution is 2.24. The summed E-state index contributed by atoms with van der Waals surface area (Å²) in [6.45, 7) is 5.38. The third-order valence-electron chi connectivity index (χ3n) is 1.97. The first-order valence-corrected chi connectivity index (χ1v) is 5.54. The third-order valence-corrected chi connectivity index (χ3v) is 2.71. The van der Waals surface area contributed by atoms with Gasteiger partial charge in [0, 0.05) is 12.2 Å². The van der Waals surface area contributed by atoms with Gasteiger partial charge >= 0.3 is 0 Å². The van der Waals surface area contributed by atoms with Gasteiger partial charge in [-0.05, 0) is 30.5 Å². The highest BCUT2D eigenvalue weighted by molar-refractivity contribution is 6.42. The van der Waals surface area contributed by atoms with Crippen molar-refractivity contribution >= 4 is 28.9 Å². The number of halogens is 2. The first kappa shape index (κ1) is 11.7. The Morgan fingerprint density at radius 2 is 1.93 bits per heavy atom. The van der Waals surface area contributed by atoms with E-state index in [0.29, 0.717) is 16.0 Å². The van der Waals surface area contributed by atoms with Crippen LogP contribution in [0.4, 0.5) is 5.69 Å². The van der Waals surface area contributed by atoms with Crippen molar-refractivity contribution in [1.82, 2.24) is 0 Å². The molecule has 0 atom stereocenters. The van der Waals surface area contributed by atoms with Gasteiger partial charge in [-0.15, -0.1) is 0 Å². The average molecular weight is 232 g/mol. The lowest BCUT2D eigenvalue weighted by Crippen LogP contribution is -2.04. The largest absolute Gasteiger partial charge is 0.385 e. The van der Waals surface area contributed by atoms with Crippen LogP contribution in [0.5, 0.6) is 0 Å². The van der Waals surface area contributed by atoms with Crippen LogP contribution in [-0.4, -0.2) is 6.54 Å². The van der Waals surface area contributed by atoms with Crippen LogP contribution >= 0.6 is 23.2 Å². The fourth-order valence-corrected chi connectivity index (χ4v) is 1.41. The van der Waals surface area contributed by atoms with Crippen molar-refractivity contribution in [2.75, 3.05) is 11.9 Å². The van der Waals surface area contributed by atoms with E-state index < -0.39 is 0 Å². The van der Waals surface area contributed by atoms with Crippen LogP contribution in [0.1, 0.15) is 20.3 Å². The molecule has 1 aromatic carbocycles. The van der Waals surface area contributed by atoms with E-state index in [1.807, 2.05) is 18.2 Å². The Labute approximate surface area is 95.4 Å². The molecule has 0 amide bonds. The van der Waals surface area contributed by atoms with Gasteiger partial charge in [-0.1, -0.05) is 37.0 Å². The summed E-state index contributed by atoms with van der Waals surface area (Å²) in [6, 6.07) is 5.60. The average Bonchev–Trinajstić information content (AvgIpc) is 2.10. The highest BCUT2D eigenvalue weighted by atomic mass is 35.5. The molecular formula is C11H15Cl2N. The SMILES string of the molecule is CC(C)CCNc1ccc(Cl)c(Cl)c1. The van der Waals surface area contributed by atoms with Crippen LogP contribution in [0.3, 0.4) is 0 Å². The molecule has 0 heterocycles. The molecule has 0 saturated carbocycles. The summed E-state index contributed by atoms with van der Waals surface area (Å²) in [7, 11) is 0. The summed E-state index contributed by atoms with van der Waals surface area (Å²) in [4.78, 5) is 0. The van der Waals surface area contributed by atoms with E-state index in [9.17, 15) is 0 Å². The number of hydrogen-bond donors (Lipinski definition) is 1. The molecule has 0 aliphatic rings. The number of hydrogen-bond acceptors (Lipinski definition) is 1. The second-order valence-corrected chi connectivity index (χ2v) is 4.55. The third kappa shape index (κ3) is 3.77. The predicted octanol–water partition coefficient (Wildman–Crippen LogP) is 4.45. The summed E-state index contributed by atoms with van der Waals surface area (Å²) < 4.78 is 0. The second-order valence-electron chi connectivity index (χ2n) is 3.74. The molecule has 0 radical (unpaired) electrons. The van der Waals surface area contributed by atoms with Crippen LogP contribution in [0.15, 0.2) is 18.2 Å². The van der Waals surface area contributed by atoms with Crippen molar-refractivity contribution in [3.05, 3.63) is 28.2 Å². The molecule has 3 heteroatoms. The number of nitrogens with one attached hydrogen (secondary N) is 1. The quantitative estimate of drug-likeness (QED) is 0.808. The van der Waals surface area contributed by atoms with Gasteiger partial charge in [0.25, 0.3) is 0 Å². The van der Waals surface area contributed by atoms with Gasteiger partial charge in [0.05, 0.1) is 10.0 Å². The van der Waals surface area contributed by atoms with Gasteiger partial charge < -0.3 is 5.32 Å². The minimum Gasteiger partial charge on any atom is -0.385 e. The first-order chi connectivity index (χ1) is 6.59. The van der Waals surface area contributed by atoms with Gasteiger partial charge in [-0.25, -0.2) is 0 Å². The molecule has 1 aromatic rings. The number of rotatable bonds is 4. The Hall–Kier alpha value is -0.400. The van der Waals surface area contributed by atoms with Gasteiger partial charge in [0.1, 0.15) is 0 Å². The van der Waals surface area contributed by atoms with Crippen molar-refractivity contribution in [1.29, 1.82) is 0 Å². The lowest BCUT2D eigenvalue weighted by Gasteiger charge is -2.08. The molecule has 1 N–H and O–H groups in total. The molecule has 0 aliphatic carbocycles. The van der Waals surface area contributed by atoms with Crippen molar-refractivity contribution < 1.29 is 0 Å². The summed E-state index contributed by atoms with van der Waals surface area (Å²) in [5.41, 5.74) is 1.03. The monoisotopic (exact) mass is 231 g/mol. The van der Waals surface area contributed by atoms with Crippen LogP contribution < -0.4 is 5.32 Å². The summed E-state index contributed by atoms with van der Waals surface area (Å²) in [6.07, 6.45) is 1.15. The second kappa shape index (κ2) is 5.47. The Morgan fingerprint density at radius 1 is 1.21 bits per heavy atom. The Morgan fingerprint density at radius 3 is 2.50 bits per heavy atom. The number of benzene rings is 1. The number of anilines is 1. The van der Waals surface area contributed by atoms with Gasteiger partial charge in [-0.2, -0.15) is 0 Å². The van der Waals surface area contributed by atoms with E-state index in [4.69, 9.17) is 23.2 Å². The van der Waals surface area contributed by atoms with Crippen LogP contribution in [0.25, 0.3) is 0 Å². The fraction of sp³-hybridized carbons (Fsp3) is 0.455. The van der Waals surface area contributed by atoms with Crippen molar-refractivity contribution in [3.63, 3.8) is 0 Å². The minimum absolute atomic E-state index is 0.598. The van der Waals surface area contributed by atoms with E-state index in [2.05, 4.69) is 19.2 Å². The lowest BCUT2D eigenvalue weighted by atomic mass is 10.1. The summed E-state index contributed by atoms with van der Waals surface area (Å²) in [5, 5.41) is 4.50.